The van der Waals surface area contributed by atoms with Crippen molar-refractivity contribution >= 4 is 43.6 Å². The van der Waals surface area contributed by atoms with Crippen molar-refractivity contribution in [1.82, 2.24) is 10.2 Å². The Kier molecular flexibility index (Phi) is 34.2. The summed E-state index contributed by atoms with van der Waals surface area (Å²) in [6.45, 7) is 1.63. The van der Waals surface area contributed by atoms with Crippen molar-refractivity contribution in [3.63, 3.8) is 0 Å². The van der Waals surface area contributed by atoms with Crippen LogP contribution in [0.15, 0.2) is 0 Å². The lowest BCUT2D eigenvalue weighted by atomic mass is 10.6. The minimum atomic E-state index is 0. The molecule has 0 atom stereocenters. The Hall–Kier alpha value is 0.300. The van der Waals surface area contributed by atoms with Gasteiger partial charge in [0, 0.05) is 13.1 Å². The topological polar surface area (TPSA) is 32.3 Å². The summed E-state index contributed by atoms with van der Waals surface area (Å²) in [5.41, 5.74) is 0. The molecule has 0 aliphatic rings. The van der Waals surface area contributed by atoms with E-state index in [-0.39, 0.29) is 37.2 Å². The van der Waals surface area contributed by atoms with Crippen LogP contribution in [0.2, 0.25) is 0 Å². The molecule has 0 aromatic rings. The molecule has 0 aromatic carbocycles. The highest BCUT2D eigenvalue weighted by molar-refractivity contribution is 5.86. The number of carbonyl (C=O) groups excluding carboxylic acids is 1. The summed E-state index contributed by atoms with van der Waals surface area (Å²) in [5, 5.41) is 2.56. The number of hydrogen-bond acceptors (Lipinski definition) is 2. The zero-order valence-corrected chi connectivity index (χ0v) is 9.02. The maximum Gasteiger partial charge on any atom is 0.207 e. The van der Waals surface area contributed by atoms with E-state index in [0.29, 0.717) is 6.41 Å². The van der Waals surface area contributed by atoms with Crippen LogP contribution in [0.1, 0.15) is 0 Å². The van der Waals surface area contributed by atoms with Gasteiger partial charge in [0.1, 0.15) is 0 Å². The molecule has 0 fully saturated rings. The number of likely N-dealkylation sites (N-methyl/N-ethyl adjacent to an activating group) is 1. The van der Waals surface area contributed by atoms with Gasteiger partial charge >= 0.3 is 0 Å². The summed E-state index contributed by atoms with van der Waals surface area (Å²) in [7, 11) is 3.93. The van der Waals surface area contributed by atoms with Crippen molar-refractivity contribution in [2.24, 2.45) is 0 Å². The van der Waals surface area contributed by atoms with E-state index >= 15 is 0 Å². The number of carbonyl (C=O) groups is 1. The van der Waals surface area contributed by atoms with Crippen molar-refractivity contribution in [2.45, 2.75) is 0 Å². The second-order valence-electron chi connectivity index (χ2n) is 1.88. The Morgan fingerprint density at radius 3 is 2.00 bits per heavy atom. The first kappa shape index (κ1) is 22.5. The standard InChI is InChI=1S/C5H12N2O.3ClH/c1-7(2)4-3-6-5-8;;;/h5H,3-4H2,1-2H3,(H,6,8);3*1H. The van der Waals surface area contributed by atoms with Gasteiger partial charge < -0.3 is 10.2 Å². The van der Waals surface area contributed by atoms with Crippen molar-refractivity contribution in [2.75, 3.05) is 27.2 Å². The van der Waals surface area contributed by atoms with Gasteiger partial charge in [-0.1, -0.05) is 0 Å². The second-order valence-corrected chi connectivity index (χ2v) is 1.88. The van der Waals surface area contributed by atoms with Gasteiger partial charge in [0.2, 0.25) is 6.41 Å². The summed E-state index contributed by atoms with van der Waals surface area (Å²) in [5.74, 6) is 0. The molecule has 0 spiro atoms. The largest absolute Gasteiger partial charge is 0.357 e. The van der Waals surface area contributed by atoms with E-state index in [4.69, 9.17) is 0 Å². The van der Waals surface area contributed by atoms with Gasteiger partial charge in [0.25, 0.3) is 0 Å². The van der Waals surface area contributed by atoms with Crippen LogP contribution in [0.25, 0.3) is 0 Å². The lowest BCUT2D eigenvalue weighted by Crippen LogP contribution is -2.25. The Bertz CT molecular complexity index is 72.7. The summed E-state index contributed by atoms with van der Waals surface area (Å²) in [4.78, 5) is 11.7. The summed E-state index contributed by atoms with van der Waals surface area (Å²) in [6, 6.07) is 0. The molecule has 0 aromatic heterocycles. The molecular weight excluding hydrogens is 210 g/mol. The molecule has 3 nitrogen and oxygen atoms in total. The minimum absolute atomic E-state index is 0. The van der Waals surface area contributed by atoms with Crippen LogP contribution in [0.3, 0.4) is 0 Å². The SMILES string of the molecule is CN(C)CCNC=O.Cl.Cl.Cl. The number of hydrogen-bond donors (Lipinski definition) is 1. The molecule has 0 heterocycles. The lowest BCUT2D eigenvalue weighted by molar-refractivity contribution is -0.109. The fraction of sp³-hybridized carbons (Fsp3) is 0.800. The molecule has 0 rings (SSSR count). The molecule has 1 amide bonds. The van der Waals surface area contributed by atoms with E-state index in [0.717, 1.165) is 13.1 Å². The molecule has 0 aliphatic carbocycles. The van der Waals surface area contributed by atoms with Crippen molar-refractivity contribution in [3.05, 3.63) is 0 Å². The van der Waals surface area contributed by atoms with Crippen LogP contribution in [0.5, 0.6) is 0 Å². The van der Waals surface area contributed by atoms with Gasteiger partial charge in [0.05, 0.1) is 0 Å². The van der Waals surface area contributed by atoms with E-state index < -0.39 is 0 Å². The molecule has 0 radical (unpaired) electrons. The summed E-state index contributed by atoms with van der Waals surface area (Å²) in [6.07, 6.45) is 0.712. The number of amides is 1. The Morgan fingerprint density at radius 1 is 1.27 bits per heavy atom. The first-order valence-corrected chi connectivity index (χ1v) is 2.59. The Labute approximate surface area is 86.1 Å². The molecule has 72 valence electrons. The van der Waals surface area contributed by atoms with E-state index in [1.54, 1.807) is 0 Å². The Morgan fingerprint density at radius 2 is 1.73 bits per heavy atom. The van der Waals surface area contributed by atoms with Crippen molar-refractivity contribution in [3.8, 4) is 0 Å². The molecule has 0 saturated carbocycles. The first-order valence-electron chi connectivity index (χ1n) is 2.59. The van der Waals surface area contributed by atoms with Gasteiger partial charge in [-0.25, -0.2) is 0 Å². The van der Waals surface area contributed by atoms with Crippen molar-refractivity contribution < 1.29 is 4.79 Å². The summed E-state index contributed by atoms with van der Waals surface area (Å²) < 4.78 is 0. The first-order chi connectivity index (χ1) is 3.77. The smallest absolute Gasteiger partial charge is 0.207 e. The highest BCUT2D eigenvalue weighted by atomic mass is 35.5. The van der Waals surface area contributed by atoms with E-state index in [1.807, 2.05) is 19.0 Å². The van der Waals surface area contributed by atoms with Gasteiger partial charge in [-0.3, -0.25) is 4.79 Å². The van der Waals surface area contributed by atoms with Crippen molar-refractivity contribution in [1.29, 1.82) is 0 Å². The van der Waals surface area contributed by atoms with Crippen LogP contribution in [-0.2, 0) is 4.79 Å². The quantitative estimate of drug-likeness (QED) is 0.560. The predicted molar refractivity (Wildman–Crippen MR) is 54.4 cm³/mol. The number of nitrogens with one attached hydrogen (secondary N) is 1. The van der Waals surface area contributed by atoms with Crippen LogP contribution in [-0.4, -0.2) is 38.5 Å². The zero-order valence-electron chi connectivity index (χ0n) is 6.57. The number of rotatable bonds is 4. The van der Waals surface area contributed by atoms with Gasteiger partial charge in [-0.05, 0) is 14.1 Å². The van der Waals surface area contributed by atoms with E-state index in [9.17, 15) is 4.79 Å². The molecule has 6 heteroatoms. The van der Waals surface area contributed by atoms with E-state index in [1.165, 1.54) is 0 Å². The maximum absolute atomic E-state index is 9.66. The molecule has 11 heavy (non-hydrogen) atoms. The third-order valence-electron chi connectivity index (χ3n) is 0.787. The second kappa shape index (κ2) is 16.7. The molecular formula is C5H15Cl3N2O. The number of halogens is 3. The highest BCUT2D eigenvalue weighted by Gasteiger charge is 1.84. The van der Waals surface area contributed by atoms with Crippen LogP contribution in [0.4, 0.5) is 0 Å². The highest BCUT2D eigenvalue weighted by Crippen LogP contribution is 1.67. The lowest BCUT2D eigenvalue weighted by Gasteiger charge is -2.06. The minimum Gasteiger partial charge on any atom is -0.357 e. The third kappa shape index (κ3) is 25.3. The molecule has 0 bridgehead atoms. The normalized spacial score (nSPS) is 6.82. The zero-order chi connectivity index (χ0) is 6.41. The van der Waals surface area contributed by atoms with Gasteiger partial charge in [0.15, 0.2) is 0 Å². The van der Waals surface area contributed by atoms with Gasteiger partial charge in [-0.2, -0.15) is 0 Å². The molecule has 0 aliphatic heterocycles. The third-order valence-corrected chi connectivity index (χ3v) is 0.787. The van der Waals surface area contributed by atoms with Crippen LogP contribution < -0.4 is 5.32 Å². The van der Waals surface area contributed by atoms with E-state index in [2.05, 4.69) is 5.32 Å². The average molecular weight is 226 g/mol. The van der Waals surface area contributed by atoms with Gasteiger partial charge in [-0.15, -0.1) is 37.2 Å². The van der Waals surface area contributed by atoms with Crippen LogP contribution in [0, 0.1) is 0 Å². The average Bonchev–Trinajstić information content (AvgIpc) is 1.66. The molecule has 0 saturated heterocycles. The molecule has 0 unspecified atom stereocenters. The summed E-state index contributed by atoms with van der Waals surface area (Å²) >= 11 is 0. The predicted octanol–water partition coefficient (Wildman–Crippen LogP) is 0.559. The van der Waals surface area contributed by atoms with Crippen LogP contribution >= 0.6 is 37.2 Å². The monoisotopic (exact) mass is 224 g/mol. The maximum atomic E-state index is 9.66. The molecule has 1 N–H and O–H groups in total. The fourth-order valence-corrected chi connectivity index (χ4v) is 0.347. The Balaban J connectivity index is -0.0000000817. The fourth-order valence-electron chi connectivity index (χ4n) is 0.347. The number of nitrogens with zero attached hydrogens (tertiary/aromatic N) is 1.